The average molecular weight is 293 g/mol. The molecule has 0 unspecified atom stereocenters. The molecule has 6 heteroatoms. The summed E-state index contributed by atoms with van der Waals surface area (Å²) in [4.78, 5) is 12.8. The predicted octanol–water partition coefficient (Wildman–Crippen LogP) is 3.57. The smallest absolute Gasteiger partial charge is 0.141 e. The van der Waals surface area contributed by atoms with Crippen molar-refractivity contribution in [2.24, 2.45) is 0 Å². The molecule has 2 heterocycles. The molecule has 21 heavy (non-hydrogen) atoms. The van der Waals surface area contributed by atoms with E-state index in [2.05, 4.69) is 26.3 Å². The number of nitrogens with two attached hydrogens (primary N) is 1. The molecule has 0 fully saturated rings. The van der Waals surface area contributed by atoms with Crippen LogP contribution >= 0.6 is 11.3 Å². The van der Waals surface area contributed by atoms with Crippen LogP contribution in [0.2, 0.25) is 0 Å². The quantitative estimate of drug-likeness (QED) is 0.552. The van der Waals surface area contributed by atoms with Gasteiger partial charge in [-0.1, -0.05) is 0 Å². The predicted molar refractivity (Wildman–Crippen MR) is 86.9 cm³/mol. The van der Waals surface area contributed by atoms with E-state index >= 15 is 0 Å². The van der Waals surface area contributed by atoms with Gasteiger partial charge in [0.25, 0.3) is 0 Å². The SMILES string of the molecule is Nc1ccc2ncnc(Nc3ccc4ncsc4c3)c2c1. The second-order valence-corrected chi connectivity index (χ2v) is 5.55. The highest BCUT2D eigenvalue weighted by atomic mass is 32.1. The molecule has 0 amide bonds. The van der Waals surface area contributed by atoms with Crippen molar-refractivity contribution < 1.29 is 0 Å². The van der Waals surface area contributed by atoms with Crippen LogP contribution in [-0.2, 0) is 0 Å². The molecule has 0 spiro atoms. The highest BCUT2D eigenvalue weighted by Crippen LogP contribution is 2.27. The van der Waals surface area contributed by atoms with Crippen molar-refractivity contribution in [2.75, 3.05) is 11.1 Å². The number of rotatable bonds is 2. The molecule has 0 saturated heterocycles. The van der Waals surface area contributed by atoms with Crippen LogP contribution in [0.15, 0.2) is 48.2 Å². The Labute approximate surface area is 124 Å². The lowest BCUT2D eigenvalue weighted by atomic mass is 10.2. The van der Waals surface area contributed by atoms with E-state index in [1.54, 1.807) is 17.7 Å². The van der Waals surface area contributed by atoms with Crippen molar-refractivity contribution >= 4 is 49.6 Å². The summed E-state index contributed by atoms with van der Waals surface area (Å²) in [6.45, 7) is 0. The Kier molecular flexibility index (Phi) is 2.68. The fourth-order valence-corrected chi connectivity index (χ4v) is 2.96. The number of anilines is 3. The molecule has 102 valence electrons. The van der Waals surface area contributed by atoms with Gasteiger partial charge in [-0.05, 0) is 36.4 Å². The molecule has 4 rings (SSSR count). The summed E-state index contributed by atoms with van der Waals surface area (Å²) in [5, 5.41) is 4.23. The molecule has 4 aromatic rings. The minimum absolute atomic E-state index is 0.693. The number of thiazole rings is 1. The van der Waals surface area contributed by atoms with E-state index in [-0.39, 0.29) is 0 Å². The molecule has 0 atom stereocenters. The Morgan fingerprint density at radius 3 is 2.81 bits per heavy atom. The first-order chi connectivity index (χ1) is 10.3. The van der Waals surface area contributed by atoms with Crippen LogP contribution in [0.4, 0.5) is 17.2 Å². The van der Waals surface area contributed by atoms with Gasteiger partial charge in [-0.15, -0.1) is 11.3 Å². The van der Waals surface area contributed by atoms with E-state index in [1.165, 1.54) is 0 Å². The summed E-state index contributed by atoms with van der Waals surface area (Å²) in [5.41, 5.74) is 11.2. The number of fused-ring (bicyclic) bond motifs is 2. The fraction of sp³-hybridized carbons (Fsp3) is 0. The first-order valence-electron chi connectivity index (χ1n) is 6.40. The third kappa shape index (κ3) is 2.15. The average Bonchev–Trinajstić information content (AvgIpc) is 2.95. The summed E-state index contributed by atoms with van der Waals surface area (Å²) in [7, 11) is 0. The zero-order valence-electron chi connectivity index (χ0n) is 10.9. The topological polar surface area (TPSA) is 76.7 Å². The van der Waals surface area contributed by atoms with Gasteiger partial charge in [0.2, 0.25) is 0 Å². The molecule has 0 saturated carbocycles. The molecular weight excluding hydrogens is 282 g/mol. The van der Waals surface area contributed by atoms with Gasteiger partial charge in [-0.2, -0.15) is 0 Å². The molecule has 2 aromatic heterocycles. The maximum atomic E-state index is 5.86. The van der Waals surface area contributed by atoms with Crippen molar-refractivity contribution in [3.8, 4) is 0 Å². The summed E-state index contributed by atoms with van der Waals surface area (Å²) < 4.78 is 1.14. The van der Waals surface area contributed by atoms with Crippen molar-refractivity contribution in [3.05, 3.63) is 48.2 Å². The Balaban J connectivity index is 1.81. The number of nitrogens with one attached hydrogen (secondary N) is 1. The van der Waals surface area contributed by atoms with Crippen LogP contribution in [0.25, 0.3) is 21.1 Å². The van der Waals surface area contributed by atoms with Crippen LogP contribution < -0.4 is 11.1 Å². The van der Waals surface area contributed by atoms with E-state index in [0.29, 0.717) is 5.69 Å². The van der Waals surface area contributed by atoms with Gasteiger partial charge in [0.05, 0.1) is 21.2 Å². The molecule has 0 aliphatic heterocycles. The minimum atomic E-state index is 0.693. The maximum Gasteiger partial charge on any atom is 0.141 e. The first kappa shape index (κ1) is 12.0. The largest absolute Gasteiger partial charge is 0.399 e. The van der Waals surface area contributed by atoms with Crippen LogP contribution in [-0.4, -0.2) is 15.0 Å². The molecule has 5 nitrogen and oxygen atoms in total. The van der Waals surface area contributed by atoms with Crippen LogP contribution in [0, 0.1) is 0 Å². The summed E-state index contributed by atoms with van der Waals surface area (Å²) in [5.74, 6) is 0.746. The second-order valence-electron chi connectivity index (χ2n) is 4.66. The zero-order valence-corrected chi connectivity index (χ0v) is 11.8. The third-order valence-corrected chi connectivity index (χ3v) is 4.05. The van der Waals surface area contributed by atoms with Crippen LogP contribution in [0.3, 0.4) is 0 Å². The van der Waals surface area contributed by atoms with E-state index in [1.807, 2.05) is 35.8 Å². The number of nitrogens with zero attached hydrogens (tertiary/aromatic N) is 3. The Morgan fingerprint density at radius 1 is 0.952 bits per heavy atom. The lowest BCUT2D eigenvalue weighted by Crippen LogP contribution is -1.96. The lowest BCUT2D eigenvalue weighted by Gasteiger charge is -2.08. The molecule has 0 aliphatic carbocycles. The fourth-order valence-electron chi connectivity index (χ4n) is 2.24. The number of hydrogen-bond acceptors (Lipinski definition) is 6. The van der Waals surface area contributed by atoms with Gasteiger partial charge in [-0.3, -0.25) is 0 Å². The van der Waals surface area contributed by atoms with Crippen molar-refractivity contribution in [1.82, 2.24) is 15.0 Å². The molecule has 3 N–H and O–H groups in total. The van der Waals surface area contributed by atoms with Crippen molar-refractivity contribution in [2.45, 2.75) is 0 Å². The monoisotopic (exact) mass is 293 g/mol. The van der Waals surface area contributed by atoms with Crippen LogP contribution in [0.1, 0.15) is 0 Å². The number of hydrogen-bond donors (Lipinski definition) is 2. The third-order valence-electron chi connectivity index (χ3n) is 3.25. The molecule has 0 radical (unpaired) electrons. The number of nitrogen functional groups attached to an aromatic ring is 1. The second kappa shape index (κ2) is 4.68. The molecule has 0 aliphatic rings. The van der Waals surface area contributed by atoms with Gasteiger partial charge in [0.15, 0.2) is 0 Å². The molecule has 0 bridgehead atoms. The van der Waals surface area contributed by atoms with E-state index in [4.69, 9.17) is 5.73 Å². The van der Waals surface area contributed by atoms with Crippen molar-refractivity contribution in [1.29, 1.82) is 0 Å². The maximum absolute atomic E-state index is 5.86. The van der Waals surface area contributed by atoms with Gasteiger partial charge in [0.1, 0.15) is 12.1 Å². The van der Waals surface area contributed by atoms with Crippen LogP contribution in [0.5, 0.6) is 0 Å². The summed E-state index contributed by atoms with van der Waals surface area (Å²) in [6, 6.07) is 11.6. The molecule has 2 aromatic carbocycles. The lowest BCUT2D eigenvalue weighted by molar-refractivity contribution is 1.22. The van der Waals surface area contributed by atoms with Gasteiger partial charge in [-0.25, -0.2) is 15.0 Å². The van der Waals surface area contributed by atoms with Gasteiger partial charge >= 0.3 is 0 Å². The first-order valence-corrected chi connectivity index (χ1v) is 7.28. The highest BCUT2D eigenvalue weighted by molar-refractivity contribution is 7.16. The number of benzene rings is 2. The van der Waals surface area contributed by atoms with E-state index in [9.17, 15) is 0 Å². The minimum Gasteiger partial charge on any atom is -0.399 e. The Bertz CT molecular complexity index is 947. The normalized spacial score (nSPS) is 11.0. The standard InChI is InChI=1S/C15H11N5S/c16-9-1-3-12-11(5-9)15(18-7-17-12)20-10-2-4-13-14(6-10)21-8-19-13/h1-8H,16H2,(H,17,18,20). The van der Waals surface area contributed by atoms with Gasteiger partial charge in [0, 0.05) is 16.8 Å². The van der Waals surface area contributed by atoms with E-state index < -0.39 is 0 Å². The number of aromatic nitrogens is 3. The van der Waals surface area contributed by atoms with E-state index in [0.717, 1.165) is 32.6 Å². The Morgan fingerprint density at radius 2 is 1.86 bits per heavy atom. The zero-order chi connectivity index (χ0) is 14.2. The highest BCUT2D eigenvalue weighted by Gasteiger charge is 2.05. The summed E-state index contributed by atoms with van der Waals surface area (Å²) >= 11 is 1.61. The van der Waals surface area contributed by atoms with Gasteiger partial charge < -0.3 is 11.1 Å². The Hall–Kier alpha value is -2.73. The summed E-state index contributed by atoms with van der Waals surface area (Å²) in [6.07, 6.45) is 1.55. The van der Waals surface area contributed by atoms with Crippen molar-refractivity contribution in [3.63, 3.8) is 0 Å². The molecular formula is C15H11N5S.